The molecule has 230 valence electrons. The first kappa shape index (κ1) is 37.7. The summed E-state index contributed by atoms with van der Waals surface area (Å²) in [6.07, 6.45) is 4.37. The van der Waals surface area contributed by atoms with Crippen LogP contribution in [0.5, 0.6) is 0 Å². The molecule has 0 aliphatic rings. The van der Waals surface area contributed by atoms with Crippen LogP contribution < -0.4 is 10.5 Å². The lowest BCUT2D eigenvalue weighted by Gasteiger charge is -2.21. The van der Waals surface area contributed by atoms with E-state index in [4.69, 9.17) is 14.4 Å². The minimum absolute atomic E-state index is 0. The number of nitrogens with one attached hydrogen (secondary N) is 1. The van der Waals surface area contributed by atoms with Crippen molar-refractivity contribution in [2.24, 2.45) is 5.14 Å². The second-order valence-electron chi connectivity index (χ2n) is 9.27. The summed E-state index contributed by atoms with van der Waals surface area (Å²) in [7, 11) is -3.78. The van der Waals surface area contributed by atoms with Crippen LogP contribution in [-0.2, 0) is 21.4 Å². The van der Waals surface area contributed by atoms with Gasteiger partial charge in [-0.2, -0.15) is 25.3 Å². The van der Waals surface area contributed by atoms with Gasteiger partial charge in [-0.05, 0) is 37.1 Å². The van der Waals surface area contributed by atoms with Crippen molar-refractivity contribution in [3.63, 3.8) is 0 Å². The van der Waals surface area contributed by atoms with Gasteiger partial charge in [-0.15, -0.1) is 24.8 Å². The van der Waals surface area contributed by atoms with Gasteiger partial charge < -0.3 is 19.5 Å². The molecule has 8 nitrogen and oxygen atoms in total. The maximum absolute atomic E-state index is 11.7. The lowest BCUT2D eigenvalue weighted by atomic mass is 9.99. The molecule has 0 amide bonds. The van der Waals surface area contributed by atoms with E-state index in [0.29, 0.717) is 18.1 Å². The number of thiol groups is 2. The molecule has 0 saturated heterocycles. The number of unbranched alkanes of at least 4 members (excludes halogenated alkanes) is 3. The summed E-state index contributed by atoms with van der Waals surface area (Å²) >= 11 is 8.62. The number of rotatable bonds is 19. The van der Waals surface area contributed by atoms with Crippen LogP contribution >= 0.6 is 50.1 Å². The van der Waals surface area contributed by atoms with E-state index >= 15 is 0 Å². The Morgan fingerprint density at radius 1 is 0.854 bits per heavy atom. The summed E-state index contributed by atoms with van der Waals surface area (Å²) in [5, 5.41) is 13.0. The number of sulfonamides is 1. The van der Waals surface area contributed by atoms with Crippen LogP contribution in [0.1, 0.15) is 31.4 Å². The van der Waals surface area contributed by atoms with Crippen LogP contribution in [0.25, 0.3) is 22.4 Å². The lowest BCUT2D eigenvalue weighted by molar-refractivity contribution is 0.0979. The molecule has 1 aromatic heterocycles. The van der Waals surface area contributed by atoms with Crippen molar-refractivity contribution < 1.29 is 17.7 Å². The summed E-state index contributed by atoms with van der Waals surface area (Å²) in [4.78, 5) is 2.51. The van der Waals surface area contributed by atoms with Crippen LogP contribution in [0.15, 0.2) is 64.0 Å². The highest BCUT2D eigenvalue weighted by Gasteiger charge is 2.20. The molecule has 3 N–H and O–H groups in total. The van der Waals surface area contributed by atoms with Gasteiger partial charge in [0.15, 0.2) is 5.76 Å². The second kappa shape index (κ2) is 20.6. The molecule has 41 heavy (non-hydrogen) atoms. The van der Waals surface area contributed by atoms with E-state index < -0.39 is 10.0 Å². The molecule has 2 aromatic carbocycles. The summed E-state index contributed by atoms with van der Waals surface area (Å²) in [6, 6.07) is 16.2. The maximum Gasteiger partial charge on any atom is 0.238 e. The molecule has 0 unspecified atom stereocenters. The highest BCUT2D eigenvalue weighted by Crippen LogP contribution is 2.35. The Morgan fingerprint density at radius 3 is 2.22 bits per heavy atom. The van der Waals surface area contributed by atoms with Gasteiger partial charge in [0.05, 0.1) is 10.5 Å². The topological polar surface area (TPSA) is 111 Å². The number of nitrogens with zero attached hydrogens (tertiary/aromatic N) is 2. The lowest BCUT2D eigenvalue weighted by Crippen LogP contribution is -2.34. The third kappa shape index (κ3) is 12.9. The fourth-order valence-corrected chi connectivity index (χ4v) is 5.26. The Morgan fingerprint density at radius 2 is 1.56 bits per heavy atom. The molecule has 0 atom stereocenters. The highest BCUT2D eigenvalue weighted by molar-refractivity contribution is 7.89. The van der Waals surface area contributed by atoms with Crippen LogP contribution in [-0.4, -0.2) is 69.3 Å². The van der Waals surface area contributed by atoms with Crippen molar-refractivity contribution in [1.29, 1.82) is 0 Å². The fraction of sp³-hybridized carbons (Fsp3) is 0.464. The first-order valence-corrected chi connectivity index (χ1v) is 16.1. The number of hydrogen-bond acceptors (Lipinski definition) is 9. The molecule has 0 aliphatic heterocycles. The van der Waals surface area contributed by atoms with E-state index in [9.17, 15) is 8.42 Å². The molecule has 13 heteroatoms. The number of benzene rings is 2. The largest absolute Gasteiger partial charge is 0.373 e. The minimum atomic E-state index is -3.78. The third-order valence-corrected chi connectivity index (χ3v) is 7.69. The Kier molecular flexibility index (Phi) is 19.0. The predicted octanol–water partition coefficient (Wildman–Crippen LogP) is 5.33. The summed E-state index contributed by atoms with van der Waals surface area (Å²) < 4.78 is 35.1. The standard InChI is InChI=1S/C28H40N4O4S3.2ClH/c29-39(33,34)25-12-10-23(11-13-25)27-26(36-31-28(27)24-8-4-3-5-9-24)22-35-19-7-2-1-6-16-32(18-21-38)17-14-30-15-20-37;;/h3-5,8-13,30,37-38H,1-2,6-7,14-22H2,(H2,29,33,34);2*1H. The minimum Gasteiger partial charge on any atom is -0.373 e. The van der Waals surface area contributed by atoms with E-state index in [-0.39, 0.29) is 36.3 Å². The first-order valence-electron chi connectivity index (χ1n) is 13.3. The Labute approximate surface area is 267 Å². The molecule has 0 radical (unpaired) electrons. The van der Waals surface area contributed by atoms with Crippen molar-refractivity contribution >= 4 is 60.1 Å². The monoisotopic (exact) mass is 664 g/mol. The average Bonchev–Trinajstić information content (AvgIpc) is 3.36. The van der Waals surface area contributed by atoms with Crippen molar-refractivity contribution in [3.8, 4) is 22.4 Å². The average molecular weight is 666 g/mol. The molecule has 3 rings (SSSR count). The molecular formula is C28H42Cl2N4O4S3. The smallest absolute Gasteiger partial charge is 0.238 e. The van der Waals surface area contributed by atoms with Crippen LogP contribution in [0.2, 0.25) is 0 Å². The Hall–Kier alpha value is -1.28. The summed E-state index contributed by atoms with van der Waals surface area (Å²) in [6.45, 7) is 5.94. The van der Waals surface area contributed by atoms with Crippen molar-refractivity contribution in [1.82, 2.24) is 15.4 Å². The van der Waals surface area contributed by atoms with E-state index in [0.717, 1.165) is 86.6 Å². The zero-order chi connectivity index (χ0) is 27.9. The highest BCUT2D eigenvalue weighted by atomic mass is 35.5. The molecule has 1 heterocycles. The number of ether oxygens (including phenoxy) is 1. The van der Waals surface area contributed by atoms with Gasteiger partial charge >= 0.3 is 0 Å². The van der Waals surface area contributed by atoms with Crippen molar-refractivity contribution in [2.45, 2.75) is 37.2 Å². The molecule has 0 fully saturated rings. The van der Waals surface area contributed by atoms with Gasteiger partial charge in [0.25, 0.3) is 0 Å². The number of aromatic nitrogens is 1. The zero-order valence-electron chi connectivity index (χ0n) is 23.1. The number of halogens is 2. The maximum atomic E-state index is 11.7. The van der Waals surface area contributed by atoms with Gasteiger partial charge in [0.2, 0.25) is 10.0 Å². The third-order valence-electron chi connectivity index (χ3n) is 6.34. The molecule has 0 bridgehead atoms. The SMILES string of the molecule is Cl.Cl.NS(=O)(=O)c1ccc(-c2c(-c3ccccc3)noc2COCCCCCCN(CCS)CCNCCS)cc1. The van der Waals surface area contributed by atoms with Gasteiger partial charge in [-0.25, -0.2) is 13.6 Å². The van der Waals surface area contributed by atoms with E-state index in [2.05, 4.69) is 40.6 Å². The van der Waals surface area contributed by atoms with Crippen molar-refractivity contribution in [3.05, 3.63) is 60.4 Å². The van der Waals surface area contributed by atoms with Crippen molar-refractivity contribution in [2.75, 3.05) is 50.8 Å². The summed E-state index contributed by atoms with van der Waals surface area (Å²) in [5.41, 5.74) is 3.16. The predicted molar refractivity (Wildman–Crippen MR) is 178 cm³/mol. The van der Waals surface area contributed by atoms with E-state index in [1.165, 1.54) is 12.1 Å². The van der Waals surface area contributed by atoms with E-state index in [1.54, 1.807) is 12.1 Å². The quantitative estimate of drug-likeness (QED) is 0.101. The molecule has 0 saturated carbocycles. The van der Waals surface area contributed by atoms with Crippen LogP contribution in [0.4, 0.5) is 0 Å². The normalized spacial score (nSPS) is 11.3. The van der Waals surface area contributed by atoms with Gasteiger partial charge in [0, 0.05) is 49.9 Å². The molecule has 0 spiro atoms. The number of nitrogens with two attached hydrogens (primary N) is 1. The van der Waals surface area contributed by atoms with Gasteiger partial charge in [-0.1, -0.05) is 60.5 Å². The zero-order valence-corrected chi connectivity index (χ0v) is 27.4. The molecule has 0 aliphatic carbocycles. The Bertz CT molecular complexity index is 1220. The molecular weight excluding hydrogens is 623 g/mol. The second-order valence-corrected chi connectivity index (χ2v) is 11.7. The number of hydrogen-bond donors (Lipinski definition) is 4. The first-order chi connectivity index (χ1) is 18.9. The van der Waals surface area contributed by atoms with Crippen LogP contribution in [0, 0.1) is 0 Å². The van der Waals surface area contributed by atoms with Gasteiger partial charge in [0.1, 0.15) is 12.3 Å². The Balaban J connectivity index is 0.00000420. The van der Waals surface area contributed by atoms with E-state index in [1.807, 2.05) is 30.3 Å². The number of primary sulfonamides is 1. The van der Waals surface area contributed by atoms with Crippen LogP contribution in [0.3, 0.4) is 0 Å². The summed E-state index contributed by atoms with van der Waals surface area (Å²) in [5.74, 6) is 2.33. The molecule has 3 aromatic rings. The van der Waals surface area contributed by atoms with Gasteiger partial charge in [-0.3, -0.25) is 0 Å². The fourth-order valence-electron chi connectivity index (χ4n) is 4.30.